The second-order valence-electron chi connectivity index (χ2n) is 6.19. The normalized spacial score (nSPS) is 11.3. The van der Waals surface area contributed by atoms with Gasteiger partial charge in [-0.25, -0.2) is 13.8 Å². The standard InChI is InChI=1S/C20H16F2IN3S/c1-3-13-10-27-20-25-18(14-8-7-12(21)9-15(14)22)19(26(13)20)24-17-11(2)5-4-6-16(17)23/h4-10,24H,3H2,1-2H3. The molecule has 0 aliphatic heterocycles. The largest absolute Gasteiger partial charge is 0.338 e. The van der Waals surface area contributed by atoms with Crippen molar-refractivity contribution in [2.75, 3.05) is 5.32 Å². The van der Waals surface area contributed by atoms with Gasteiger partial charge in [-0.15, -0.1) is 11.3 Å². The van der Waals surface area contributed by atoms with Crippen LogP contribution < -0.4 is 5.32 Å². The highest BCUT2D eigenvalue weighted by Crippen LogP contribution is 2.37. The highest BCUT2D eigenvalue weighted by molar-refractivity contribution is 14.1. The Morgan fingerprint density at radius 3 is 2.74 bits per heavy atom. The van der Waals surface area contributed by atoms with Crippen molar-refractivity contribution in [1.29, 1.82) is 0 Å². The lowest BCUT2D eigenvalue weighted by Crippen LogP contribution is -2.02. The third-order valence-corrected chi connectivity index (χ3v) is 6.22. The molecule has 138 valence electrons. The summed E-state index contributed by atoms with van der Waals surface area (Å²) in [4.78, 5) is 5.43. The van der Waals surface area contributed by atoms with Crippen LogP contribution in [0.1, 0.15) is 18.2 Å². The van der Waals surface area contributed by atoms with E-state index in [-0.39, 0.29) is 5.56 Å². The lowest BCUT2D eigenvalue weighted by molar-refractivity contribution is 0.585. The van der Waals surface area contributed by atoms with Crippen molar-refractivity contribution in [3.63, 3.8) is 0 Å². The van der Waals surface area contributed by atoms with Gasteiger partial charge in [0, 0.05) is 26.3 Å². The minimum atomic E-state index is -0.624. The number of aromatic nitrogens is 2. The summed E-state index contributed by atoms with van der Waals surface area (Å²) < 4.78 is 31.0. The Morgan fingerprint density at radius 2 is 2.04 bits per heavy atom. The molecule has 0 aliphatic carbocycles. The zero-order valence-electron chi connectivity index (χ0n) is 14.7. The van der Waals surface area contributed by atoms with E-state index in [1.807, 2.05) is 29.5 Å². The van der Waals surface area contributed by atoms with Crippen LogP contribution in [0, 0.1) is 22.1 Å². The molecule has 2 aromatic heterocycles. The SMILES string of the molecule is CCc1csc2nc(-c3ccc(F)cc3F)c(Nc3c(C)cccc3I)n12. The van der Waals surface area contributed by atoms with E-state index in [0.29, 0.717) is 11.5 Å². The minimum absolute atomic E-state index is 0.278. The van der Waals surface area contributed by atoms with Gasteiger partial charge in [-0.2, -0.15) is 0 Å². The third kappa shape index (κ3) is 3.23. The van der Waals surface area contributed by atoms with E-state index in [4.69, 9.17) is 0 Å². The van der Waals surface area contributed by atoms with E-state index in [1.54, 1.807) is 0 Å². The van der Waals surface area contributed by atoms with Crippen LogP contribution in [0.15, 0.2) is 41.8 Å². The molecule has 0 fully saturated rings. The van der Waals surface area contributed by atoms with Crippen LogP contribution in [0.2, 0.25) is 0 Å². The van der Waals surface area contributed by atoms with Crippen LogP contribution in [0.3, 0.4) is 0 Å². The maximum Gasteiger partial charge on any atom is 0.196 e. The molecule has 0 aliphatic rings. The Balaban J connectivity index is 1.97. The first-order valence-electron chi connectivity index (χ1n) is 8.46. The summed E-state index contributed by atoms with van der Waals surface area (Å²) in [7, 11) is 0. The van der Waals surface area contributed by atoms with Gasteiger partial charge in [-0.1, -0.05) is 19.1 Å². The van der Waals surface area contributed by atoms with Gasteiger partial charge in [-0.05, 0) is 59.7 Å². The summed E-state index contributed by atoms with van der Waals surface area (Å²) in [5.41, 5.74) is 3.88. The van der Waals surface area contributed by atoms with Gasteiger partial charge in [-0.3, -0.25) is 4.40 Å². The Bertz CT molecular complexity index is 1130. The fraction of sp³-hybridized carbons (Fsp3) is 0.150. The van der Waals surface area contributed by atoms with E-state index < -0.39 is 11.6 Å². The van der Waals surface area contributed by atoms with E-state index in [9.17, 15) is 8.78 Å². The van der Waals surface area contributed by atoms with Gasteiger partial charge < -0.3 is 5.32 Å². The molecular weight excluding hydrogens is 479 g/mol. The second kappa shape index (κ2) is 7.20. The van der Waals surface area contributed by atoms with Crippen LogP contribution in [0.4, 0.5) is 20.3 Å². The number of hydrogen-bond donors (Lipinski definition) is 1. The van der Waals surface area contributed by atoms with Crippen LogP contribution >= 0.6 is 33.9 Å². The summed E-state index contributed by atoms with van der Waals surface area (Å²) in [6.07, 6.45) is 0.821. The van der Waals surface area contributed by atoms with E-state index in [0.717, 1.165) is 38.0 Å². The molecule has 27 heavy (non-hydrogen) atoms. The van der Waals surface area contributed by atoms with Crippen LogP contribution in [-0.2, 0) is 6.42 Å². The molecular formula is C20H16F2IN3S. The number of hydrogen-bond acceptors (Lipinski definition) is 3. The van der Waals surface area contributed by atoms with Crippen molar-refractivity contribution in [3.05, 3.63) is 68.2 Å². The molecule has 0 radical (unpaired) electrons. The van der Waals surface area contributed by atoms with E-state index in [2.05, 4.69) is 45.2 Å². The zero-order chi connectivity index (χ0) is 19.1. The minimum Gasteiger partial charge on any atom is -0.338 e. The van der Waals surface area contributed by atoms with Gasteiger partial charge in [0.15, 0.2) is 4.96 Å². The number of imidazole rings is 1. The van der Waals surface area contributed by atoms with Crippen LogP contribution in [-0.4, -0.2) is 9.38 Å². The molecule has 0 saturated heterocycles. The summed E-state index contributed by atoms with van der Waals surface area (Å²) in [5.74, 6) is -0.531. The van der Waals surface area contributed by atoms with Crippen molar-refractivity contribution >= 4 is 50.4 Å². The number of para-hydroxylation sites is 1. The average Bonchev–Trinajstić information content (AvgIpc) is 3.18. The highest BCUT2D eigenvalue weighted by Gasteiger charge is 2.21. The maximum atomic E-state index is 14.5. The molecule has 0 spiro atoms. The van der Waals surface area contributed by atoms with Crippen molar-refractivity contribution in [1.82, 2.24) is 9.38 Å². The smallest absolute Gasteiger partial charge is 0.196 e. The molecule has 0 saturated carbocycles. The predicted molar refractivity (Wildman–Crippen MR) is 115 cm³/mol. The Hall–Kier alpha value is -2.00. The molecule has 0 unspecified atom stereocenters. The van der Waals surface area contributed by atoms with Gasteiger partial charge in [0.2, 0.25) is 0 Å². The number of thiazole rings is 1. The first-order chi connectivity index (χ1) is 13.0. The third-order valence-electron chi connectivity index (χ3n) is 4.45. The maximum absolute atomic E-state index is 14.5. The van der Waals surface area contributed by atoms with Crippen LogP contribution in [0.5, 0.6) is 0 Å². The summed E-state index contributed by atoms with van der Waals surface area (Å²) in [6, 6.07) is 9.63. The first-order valence-corrected chi connectivity index (χ1v) is 10.4. The van der Waals surface area contributed by atoms with Crippen molar-refractivity contribution in [2.45, 2.75) is 20.3 Å². The van der Waals surface area contributed by atoms with Gasteiger partial charge in [0.25, 0.3) is 0 Å². The fourth-order valence-electron chi connectivity index (χ4n) is 3.05. The van der Waals surface area contributed by atoms with Gasteiger partial charge in [0.05, 0.1) is 5.69 Å². The number of aryl methyl sites for hydroxylation is 2. The number of fused-ring (bicyclic) bond motifs is 1. The second-order valence-corrected chi connectivity index (χ2v) is 8.19. The van der Waals surface area contributed by atoms with Crippen LogP contribution in [0.25, 0.3) is 16.2 Å². The highest BCUT2D eigenvalue weighted by atomic mass is 127. The first kappa shape index (κ1) is 18.4. The van der Waals surface area contributed by atoms with E-state index >= 15 is 0 Å². The molecule has 0 bridgehead atoms. The summed E-state index contributed by atoms with van der Waals surface area (Å²) in [5, 5.41) is 5.53. The van der Waals surface area contributed by atoms with Gasteiger partial charge >= 0.3 is 0 Å². The van der Waals surface area contributed by atoms with Gasteiger partial charge in [0.1, 0.15) is 23.1 Å². The predicted octanol–water partition coefficient (Wildman–Crippen LogP) is 6.56. The lowest BCUT2D eigenvalue weighted by atomic mass is 10.1. The molecule has 3 nitrogen and oxygen atoms in total. The molecule has 2 aromatic carbocycles. The molecule has 4 aromatic rings. The summed E-state index contributed by atoms with van der Waals surface area (Å²) >= 11 is 3.78. The molecule has 0 amide bonds. The topological polar surface area (TPSA) is 29.3 Å². The molecule has 4 rings (SSSR count). The average molecular weight is 495 g/mol. The Morgan fingerprint density at radius 1 is 1.22 bits per heavy atom. The van der Waals surface area contributed by atoms with Crippen molar-refractivity contribution in [2.24, 2.45) is 0 Å². The number of rotatable bonds is 4. The number of benzene rings is 2. The molecule has 2 heterocycles. The van der Waals surface area contributed by atoms with Crippen molar-refractivity contribution in [3.8, 4) is 11.3 Å². The fourth-order valence-corrected chi connectivity index (χ4v) is 4.79. The van der Waals surface area contributed by atoms with E-state index in [1.165, 1.54) is 23.5 Å². The molecule has 1 N–H and O–H groups in total. The molecule has 0 atom stereocenters. The number of nitrogens with one attached hydrogen (secondary N) is 1. The van der Waals surface area contributed by atoms with Crippen molar-refractivity contribution < 1.29 is 8.78 Å². The number of anilines is 2. The Labute approximate surface area is 173 Å². The zero-order valence-corrected chi connectivity index (χ0v) is 17.7. The number of halogens is 3. The Kier molecular flexibility index (Phi) is 4.90. The number of nitrogens with zero attached hydrogens (tertiary/aromatic N) is 2. The quantitative estimate of drug-likeness (QED) is 0.325. The lowest BCUT2D eigenvalue weighted by Gasteiger charge is -2.14. The molecule has 7 heteroatoms. The monoisotopic (exact) mass is 495 g/mol. The summed E-state index contributed by atoms with van der Waals surface area (Å²) in [6.45, 7) is 4.09.